The molecule has 2 amide bonds. The van der Waals surface area contributed by atoms with Crippen LogP contribution in [0.4, 0.5) is 18.9 Å². The van der Waals surface area contributed by atoms with Gasteiger partial charge in [0.05, 0.1) is 30.3 Å². The summed E-state index contributed by atoms with van der Waals surface area (Å²) in [5.74, 6) is -0.740. The van der Waals surface area contributed by atoms with E-state index < -0.39 is 29.3 Å². The first-order valence-electron chi connectivity index (χ1n) is 9.73. The van der Waals surface area contributed by atoms with E-state index >= 15 is 0 Å². The number of piperazine rings is 1. The number of hydrogen-bond donors (Lipinski definition) is 1. The van der Waals surface area contributed by atoms with Gasteiger partial charge in [-0.05, 0) is 25.1 Å². The number of ether oxygens (including phenoxy) is 2. The Bertz CT molecular complexity index is 826. The number of benzene rings is 1. The average Bonchev–Trinajstić information content (AvgIpc) is 2.76. The van der Waals surface area contributed by atoms with Crippen molar-refractivity contribution in [1.29, 1.82) is 5.26 Å². The van der Waals surface area contributed by atoms with Gasteiger partial charge < -0.3 is 24.6 Å². The van der Waals surface area contributed by atoms with Gasteiger partial charge in [0.15, 0.2) is 0 Å². The van der Waals surface area contributed by atoms with Crippen molar-refractivity contribution in [2.45, 2.75) is 19.1 Å². The second-order valence-electron chi connectivity index (χ2n) is 6.81. The first kappa shape index (κ1) is 24.4. The molecule has 1 heterocycles. The molecule has 1 aliphatic heterocycles. The summed E-state index contributed by atoms with van der Waals surface area (Å²) in [5, 5.41) is 11.7. The zero-order chi connectivity index (χ0) is 23.0. The number of carbonyl (C=O) groups is 2. The van der Waals surface area contributed by atoms with Crippen LogP contribution in [0.15, 0.2) is 18.2 Å². The van der Waals surface area contributed by atoms with Crippen molar-refractivity contribution in [2.75, 3.05) is 58.0 Å². The van der Waals surface area contributed by atoms with E-state index in [0.29, 0.717) is 6.61 Å². The van der Waals surface area contributed by atoms with E-state index in [1.54, 1.807) is 13.0 Å². The van der Waals surface area contributed by atoms with E-state index in [4.69, 9.17) is 14.7 Å². The van der Waals surface area contributed by atoms with Gasteiger partial charge in [-0.2, -0.15) is 18.4 Å². The minimum absolute atomic E-state index is 0.00786. The third-order valence-electron chi connectivity index (χ3n) is 4.83. The van der Waals surface area contributed by atoms with E-state index in [1.807, 2.05) is 0 Å². The molecule has 31 heavy (non-hydrogen) atoms. The van der Waals surface area contributed by atoms with Gasteiger partial charge in [0.2, 0.25) is 11.8 Å². The lowest BCUT2D eigenvalue weighted by Gasteiger charge is -2.42. The van der Waals surface area contributed by atoms with Gasteiger partial charge in [-0.3, -0.25) is 9.59 Å². The Balaban J connectivity index is 2.32. The molecule has 0 aromatic heterocycles. The molecule has 1 aliphatic rings. The van der Waals surface area contributed by atoms with Crippen LogP contribution in [-0.4, -0.2) is 75.9 Å². The topological polar surface area (TPSA) is 94.9 Å². The van der Waals surface area contributed by atoms with Gasteiger partial charge in [0.1, 0.15) is 12.6 Å². The maximum absolute atomic E-state index is 13.4. The number of amides is 2. The van der Waals surface area contributed by atoms with Crippen molar-refractivity contribution in [2.24, 2.45) is 0 Å². The number of nitriles is 1. The predicted octanol–water partition coefficient (Wildman–Crippen LogP) is 1.39. The highest BCUT2D eigenvalue weighted by molar-refractivity contribution is 5.87. The summed E-state index contributed by atoms with van der Waals surface area (Å²) in [7, 11) is 1.47. The number of carbonyl (C=O) groups excluding carboxylic acids is 2. The smallest absolute Gasteiger partial charge is 0.383 e. The number of nitrogens with zero attached hydrogens (tertiary/aromatic N) is 3. The van der Waals surface area contributed by atoms with Crippen LogP contribution in [0.1, 0.15) is 18.1 Å². The molecule has 1 fully saturated rings. The fourth-order valence-corrected chi connectivity index (χ4v) is 3.26. The molecular formula is C20H25F3N4O4. The maximum atomic E-state index is 13.4. The molecule has 2 rings (SSSR count). The lowest BCUT2D eigenvalue weighted by Crippen LogP contribution is -2.61. The number of hydrogen-bond acceptors (Lipinski definition) is 6. The number of methoxy groups -OCH3 is 1. The molecule has 1 N–H and O–H groups in total. The highest BCUT2D eigenvalue weighted by Crippen LogP contribution is 2.35. The Hall–Kier alpha value is -2.84. The Kier molecular flexibility index (Phi) is 8.65. The summed E-state index contributed by atoms with van der Waals surface area (Å²) >= 11 is 0. The highest BCUT2D eigenvalue weighted by atomic mass is 19.4. The van der Waals surface area contributed by atoms with Crippen LogP contribution in [0.2, 0.25) is 0 Å². The van der Waals surface area contributed by atoms with E-state index in [-0.39, 0.29) is 51.0 Å². The molecule has 8 nitrogen and oxygen atoms in total. The summed E-state index contributed by atoms with van der Waals surface area (Å²) in [6.07, 6.45) is -4.72. The van der Waals surface area contributed by atoms with Crippen LogP contribution in [-0.2, 0) is 25.2 Å². The first-order chi connectivity index (χ1) is 14.7. The Morgan fingerprint density at radius 1 is 1.32 bits per heavy atom. The number of nitrogens with one attached hydrogen (secondary N) is 1. The van der Waals surface area contributed by atoms with Gasteiger partial charge >= 0.3 is 6.18 Å². The summed E-state index contributed by atoms with van der Waals surface area (Å²) in [4.78, 5) is 28.1. The van der Waals surface area contributed by atoms with Crippen LogP contribution >= 0.6 is 0 Å². The van der Waals surface area contributed by atoms with Crippen molar-refractivity contribution in [3.63, 3.8) is 0 Å². The fourth-order valence-electron chi connectivity index (χ4n) is 3.26. The molecule has 0 aliphatic carbocycles. The van der Waals surface area contributed by atoms with Gasteiger partial charge in [-0.1, -0.05) is 0 Å². The number of alkyl halides is 3. The molecule has 1 saturated heterocycles. The largest absolute Gasteiger partial charge is 0.417 e. The molecule has 0 radical (unpaired) electrons. The Morgan fingerprint density at radius 2 is 2.06 bits per heavy atom. The monoisotopic (exact) mass is 442 g/mol. The summed E-state index contributed by atoms with van der Waals surface area (Å²) < 4.78 is 50.2. The van der Waals surface area contributed by atoms with Crippen LogP contribution in [0.3, 0.4) is 0 Å². The molecule has 170 valence electrons. The first-order valence-corrected chi connectivity index (χ1v) is 9.73. The van der Waals surface area contributed by atoms with Crippen molar-refractivity contribution < 1.29 is 32.2 Å². The van der Waals surface area contributed by atoms with Crippen LogP contribution in [0.5, 0.6) is 0 Å². The van der Waals surface area contributed by atoms with Gasteiger partial charge in [0.25, 0.3) is 0 Å². The minimum atomic E-state index is -4.72. The van der Waals surface area contributed by atoms with Crippen LogP contribution < -0.4 is 10.2 Å². The SMILES string of the molecule is CCOCC(=O)N1CCN(c2ccc(C#N)c(C(F)(F)F)c2)C(C(=O)NCCOC)C1. The van der Waals surface area contributed by atoms with Crippen molar-refractivity contribution in [3.8, 4) is 6.07 Å². The highest BCUT2D eigenvalue weighted by Gasteiger charge is 2.37. The molecule has 1 atom stereocenters. The number of rotatable bonds is 8. The molecule has 1 unspecified atom stereocenters. The molecule has 11 heteroatoms. The summed E-state index contributed by atoms with van der Waals surface area (Å²) in [6.45, 7) is 2.81. The molecule has 0 bridgehead atoms. The standard InChI is InChI=1S/C20H25F3N4O4/c1-3-31-13-18(28)26-7-8-27(17(12-26)19(29)25-6-9-30-2)15-5-4-14(11-24)16(10-15)20(21,22)23/h4-5,10,17H,3,6-9,12-13H2,1-2H3,(H,25,29). The minimum Gasteiger partial charge on any atom is -0.383 e. The van der Waals surface area contributed by atoms with Crippen molar-refractivity contribution in [3.05, 3.63) is 29.3 Å². The van der Waals surface area contributed by atoms with E-state index in [9.17, 15) is 22.8 Å². The lowest BCUT2D eigenvalue weighted by molar-refractivity contribution is -0.138. The zero-order valence-electron chi connectivity index (χ0n) is 17.4. The van der Waals surface area contributed by atoms with E-state index in [0.717, 1.165) is 12.1 Å². The van der Waals surface area contributed by atoms with Crippen LogP contribution in [0, 0.1) is 11.3 Å². The molecule has 0 saturated carbocycles. The Labute approximate surface area is 178 Å². The van der Waals surface area contributed by atoms with Gasteiger partial charge in [-0.25, -0.2) is 0 Å². The second-order valence-corrected chi connectivity index (χ2v) is 6.81. The quantitative estimate of drug-likeness (QED) is 0.612. The van der Waals surface area contributed by atoms with Gasteiger partial charge in [0, 0.05) is 39.0 Å². The predicted molar refractivity (Wildman–Crippen MR) is 105 cm³/mol. The third kappa shape index (κ3) is 6.32. The Morgan fingerprint density at radius 3 is 2.68 bits per heavy atom. The average molecular weight is 442 g/mol. The lowest BCUT2D eigenvalue weighted by atomic mass is 10.0. The zero-order valence-corrected chi connectivity index (χ0v) is 17.4. The molecule has 0 spiro atoms. The number of anilines is 1. The molecule has 1 aromatic carbocycles. The van der Waals surface area contributed by atoms with Crippen molar-refractivity contribution in [1.82, 2.24) is 10.2 Å². The summed E-state index contributed by atoms with van der Waals surface area (Å²) in [5.41, 5.74) is -1.42. The van der Waals surface area contributed by atoms with Crippen molar-refractivity contribution >= 4 is 17.5 Å². The van der Waals surface area contributed by atoms with E-state index in [2.05, 4.69) is 5.32 Å². The third-order valence-corrected chi connectivity index (χ3v) is 4.83. The fraction of sp³-hybridized carbons (Fsp3) is 0.550. The summed E-state index contributed by atoms with van der Waals surface area (Å²) in [6, 6.07) is 3.96. The maximum Gasteiger partial charge on any atom is 0.417 e. The van der Waals surface area contributed by atoms with E-state index in [1.165, 1.54) is 23.0 Å². The second kappa shape index (κ2) is 11.0. The normalized spacial score (nSPS) is 16.7. The molecular weight excluding hydrogens is 417 g/mol. The number of halogens is 3. The van der Waals surface area contributed by atoms with Gasteiger partial charge in [-0.15, -0.1) is 0 Å². The van der Waals surface area contributed by atoms with Crippen LogP contribution in [0.25, 0.3) is 0 Å². The molecule has 1 aromatic rings.